The molecule has 1 aromatic carbocycles. The molecule has 4 N–H and O–H groups in total. The Morgan fingerprint density at radius 3 is 2.43 bits per heavy atom. The molecule has 3 saturated carbocycles. The van der Waals surface area contributed by atoms with Crippen LogP contribution in [0.15, 0.2) is 24.3 Å². The molecule has 5 rings (SSSR count). The van der Waals surface area contributed by atoms with Crippen LogP contribution in [-0.2, 0) is 20.5 Å². The molecule has 0 spiro atoms. The number of aryl methyl sites for hydroxylation is 1. The zero-order chi connectivity index (χ0) is 30.7. The number of ketones is 1. The van der Waals surface area contributed by atoms with Crippen molar-refractivity contribution in [1.29, 1.82) is 0 Å². The van der Waals surface area contributed by atoms with E-state index >= 15 is 0 Å². The van der Waals surface area contributed by atoms with E-state index in [-0.39, 0.29) is 41.2 Å². The summed E-state index contributed by atoms with van der Waals surface area (Å²) in [6.45, 7) is 13.6. The van der Waals surface area contributed by atoms with Gasteiger partial charge in [0.15, 0.2) is 5.78 Å². The molecule has 1 saturated heterocycles. The number of primary amides is 1. The molecule has 1 aliphatic heterocycles. The predicted octanol–water partition coefficient (Wildman–Crippen LogP) is 5.47. The van der Waals surface area contributed by atoms with E-state index in [1.54, 1.807) is 0 Å². The molecule has 1 heterocycles. The average molecular weight is 582 g/mol. The van der Waals surface area contributed by atoms with Crippen molar-refractivity contribution in [2.75, 3.05) is 6.54 Å². The van der Waals surface area contributed by atoms with Crippen LogP contribution < -0.4 is 16.4 Å². The monoisotopic (exact) mass is 581 g/mol. The first-order valence-corrected chi connectivity index (χ1v) is 16.1. The van der Waals surface area contributed by atoms with Crippen molar-refractivity contribution in [3.63, 3.8) is 0 Å². The summed E-state index contributed by atoms with van der Waals surface area (Å²) < 4.78 is 13.3. The molecule has 6 atom stereocenters. The fourth-order valence-electron chi connectivity index (χ4n) is 7.58. The second kappa shape index (κ2) is 13.5. The summed E-state index contributed by atoms with van der Waals surface area (Å²) in [6, 6.07) is 7.16. The van der Waals surface area contributed by atoms with Crippen LogP contribution in [-0.4, -0.2) is 49.0 Å². The number of urea groups is 1. The van der Waals surface area contributed by atoms with Crippen molar-refractivity contribution < 1.29 is 23.7 Å². The minimum atomic E-state index is -0.598. The van der Waals surface area contributed by atoms with Crippen molar-refractivity contribution in [2.45, 2.75) is 117 Å². The highest BCUT2D eigenvalue weighted by atomic mass is 16.7. The molecule has 9 heteroatoms. The highest BCUT2D eigenvalue weighted by Gasteiger charge is 2.68. The largest absolute Gasteiger partial charge is 0.481 e. The van der Waals surface area contributed by atoms with Crippen LogP contribution in [0.3, 0.4) is 0 Å². The number of Topliss-reactive ketones (excluding diaryl/α,β-unsaturated/α-hetero) is 1. The SMILES string of the molecule is CCCCc1ccc(C(=O)C[C@@H](CCCNC(N)=O)C(=O)N[C@@H](CC(C)C)B2O[C@@H]3C[C@H]4C[C@H](C4(C)C)[C@]3(C)O2)cc1. The standard InChI is InChI=1S/C33H52BN3O5/c1-7-8-10-22-12-14-23(15-13-22)26(38)18-24(11-9-16-36-31(35)40)30(39)37-29(17-21(2)3)34-41-28-20-25-19-27(32(25,4)5)33(28,6)42-34/h12-15,21,24-25,27-29H,7-11,16-20H2,1-6H3,(H,37,39)(H3,35,36,40)/t24-,25-,27-,28-,29+,33+/m1/s1. The van der Waals surface area contributed by atoms with E-state index in [2.05, 4.69) is 52.2 Å². The first-order valence-electron chi connectivity index (χ1n) is 16.1. The molecule has 0 unspecified atom stereocenters. The quantitative estimate of drug-likeness (QED) is 0.144. The molecule has 0 aromatic heterocycles. The Morgan fingerprint density at radius 2 is 1.81 bits per heavy atom. The van der Waals surface area contributed by atoms with Gasteiger partial charge < -0.3 is 25.7 Å². The van der Waals surface area contributed by atoms with E-state index in [0.717, 1.165) is 25.7 Å². The predicted molar refractivity (Wildman–Crippen MR) is 166 cm³/mol. The van der Waals surface area contributed by atoms with Crippen molar-refractivity contribution >= 4 is 24.8 Å². The third-order valence-corrected chi connectivity index (χ3v) is 10.3. The Balaban J connectivity index is 1.45. The highest BCUT2D eigenvalue weighted by molar-refractivity contribution is 6.47. The number of nitrogens with two attached hydrogens (primary N) is 1. The van der Waals surface area contributed by atoms with E-state index in [4.69, 9.17) is 15.0 Å². The molecule has 4 fully saturated rings. The smallest absolute Gasteiger partial charge is 0.404 e. The first kappa shape index (κ1) is 32.5. The Kier molecular flexibility index (Phi) is 10.5. The minimum absolute atomic E-state index is 0.0309. The summed E-state index contributed by atoms with van der Waals surface area (Å²) in [6.07, 6.45) is 7.19. The Labute approximate surface area is 252 Å². The maximum absolute atomic E-state index is 13.8. The molecule has 3 amide bonds. The molecule has 42 heavy (non-hydrogen) atoms. The van der Waals surface area contributed by atoms with Gasteiger partial charge in [0, 0.05) is 24.4 Å². The fourth-order valence-corrected chi connectivity index (χ4v) is 7.58. The second-order valence-corrected chi connectivity index (χ2v) is 14.1. The van der Waals surface area contributed by atoms with Crippen LogP contribution in [0.4, 0.5) is 4.79 Å². The van der Waals surface area contributed by atoms with Gasteiger partial charge in [-0.25, -0.2) is 4.79 Å². The van der Waals surface area contributed by atoms with Gasteiger partial charge in [-0.3, -0.25) is 9.59 Å². The van der Waals surface area contributed by atoms with E-state index in [0.29, 0.717) is 49.1 Å². The third-order valence-electron chi connectivity index (χ3n) is 10.3. The summed E-state index contributed by atoms with van der Waals surface area (Å²) in [4.78, 5) is 38.4. The second-order valence-electron chi connectivity index (χ2n) is 14.1. The van der Waals surface area contributed by atoms with Crippen molar-refractivity contribution in [3.05, 3.63) is 35.4 Å². The third kappa shape index (κ3) is 7.21. The summed E-state index contributed by atoms with van der Waals surface area (Å²) in [5, 5.41) is 5.84. The number of benzene rings is 1. The molecular weight excluding hydrogens is 529 g/mol. The maximum Gasteiger partial charge on any atom is 0.481 e. The van der Waals surface area contributed by atoms with Gasteiger partial charge in [-0.15, -0.1) is 0 Å². The summed E-state index contributed by atoms with van der Waals surface area (Å²) in [7, 11) is -0.523. The van der Waals surface area contributed by atoms with Gasteiger partial charge in [-0.1, -0.05) is 65.3 Å². The van der Waals surface area contributed by atoms with Gasteiger partial charge in [0.2, 0.25) is 5.91 Å². The molecule has 2 bridgehead atoms. The number of hydrogen-bond acceptors (Lipinski definition) is 5. The number of amides is 3. The van der Waals surface area contributed by atoms with Crippen LogP contribution in [0, 0.1) is 29.1 Å². The van der Waals surface area contributed by atoms with E-state index in [1.165, 1.54) is 12.0 Å². The van der Waals surface area contributed by atoms with Gasteiger partial charge in [0.1, 0.15) is 0 Å². The number of hydrogen-bond donors (Lipinski definition) is 3. The number of carbonyl (C=O) groups excluding carboxylic acids is 3. The van der Waals surface area contributed by atoms with E-state index in [9.17, 15) is 14.4 Å². The van der Waals surface area contributed by atoms with Crippen LogP contribution in [0.1, 0.15) is 109 Å². The normalized spacial score (nSPS) is 27.1. The number of rotatable bonds is 15. The Bertz CT molecular complexity index is 1110. The van der Waals surface area contributed by atoms with Crippen molar-refractivity contribution in [1.82, 2.24) is 10.6 Å². The van der Waals surface area contributed by atoms with Gasteiger partial charge in [-0.2, -0.15) is 0 Å². The van der Waals surface area contributed by atoms with Crippen molar-refractivity contribution in [3.8, 4) is 0 Å². The molecule has 232 valence electrons. The van der Waals surface area contributed by atoms with Crippen LogP contribution >= 0.6 is 0 Å². The van der Waals surface area contributed by atoms with Gasteiger partial charge in [-0.05, 0) is 80.6 Å². The summed E-state index contributed by atoms with van der Waals surface area (Å²) in [5.41, 5.74) is 6.93. The first-order chi connectivity index (χ1) is 19.8. The van der Waals surface area contributed by atoms with Gasteiger partial charge in [0.05, 0.1) is 17.6 Å². The lowest BCUT2D eigenvalue weighted by atomic mass is 9.43. The topological polar surface area (TPSA) is 120 Å². The summed E-state index contributed by atoms with van der Waals surface area (Å²) >= 11 is 0. The fraction of sp³-hybridized carbons (Fsp3) is 0.727. The van der Waals surface area contributed by atoms with Crippen molar-refractivity contribution in [2.24, 2.45) is 34.8 Å². The lowest BCUT2D eigenvalue weighted by Gasteiger charge is -2.64. The highest BCUT2D eigenvalue weighted by Crippen LogP contribution is 2.65. The van der Waals surface area contributed by atoms with Crippen LogP contribution in [0.25, 0.3) is 0 Å². The molecule has 3 aliphatic carbocycles. The summed E-state index contributed by atoms with van der Waals surface area (Å²) in [5.74, 6) is 0.289. The lowest BCUT2D eigenvalue weighted by Crippen LogP contribution is -2.65. The van der Waals surface area contributed by atoms with Crippen LogP contribution in [0.2, 0.25) is 0 Å². The van der Waals surface area contributed by atoms with Gasteiger partial charge in [0.25, 0.3) is 0 Å². The molecule has 0 radical (unpaired) electrons. The molecular formula is C33H52BN3O5. The van der Waals surface area contributed by atoms with E-state index in [1.807, 2.05) is 24.3 Å². The maximum atomic E-state index is 13.8. The molecule has 1 aromatic rings. The minimum Gasteiger partial charge on any atom is -0.404 e. The lowest BCUT2D eigenvalue weighted by molar-refractivity contribution is -0.199. The number of carbonyl (C=O) groups is 3. The zero-order valence-electron chi connectivity index (χ0n) is 26.5. The van der Waals surface area contributed by atoms with E-state index < -0.39 is 19.1 Å². The van der Waals surface area contributed by atoms with Gasteiger partial charge >= 0.3 is 13.1 Å². The zero-order valence-corrected chi connectivity index (χ0v) is 26.5. The molecule has 8 nitrogen and oxygen atoms in total. The Hall–Kier alpha value is -2.39. The average Bonchev–Trinajstić information content (AvgIpc) is 3.30. The molecule has 4 aliphatic rings. The number of nitrogens with one attached hydrogen (secondary N) is 2. The Morgan fingerprint density at radius 1 is 1.10 bits per heavy atom. The number of unbranched alkanes of at least 4 members (excludes halogenated alkanes) is 1. The van der Waals surface area contributed by atoms with Crippen LogP contribution in [0.5, 0.6) is 0 Å².